The summed E-state index contributed by atoms with van der Waals surface area (Å²) in [6, 6.07) is 5.25. The highest BCUT2D eigenvalue weighted by atomic mass is 16.5. The van der Waals surface area contributed by atoms with Crippen molar-refractivity contribution in [3.63, 3.8) is 0 Å². The molecule has 0 saturated carbocycles. The van der Waals surface area contributed by atoms with E-state index < -0.39 is 0 Å². The third-order valence-electron chi connectivity index (χ3n) is 2.68. The Morgan fingerprint density at radius 1 is 1.32 bits per heavy atom. The number of nitrogens with one attached hydrogen (secondary N) is 1. The van der Waals surface area contributed by atoms with Gasteiger partial charge in [0.15, 0.2) is 0 Å². The van der Waals surface area contributed by atoms with Crippen LogP contribution in [0.5, 0.6) is 11.5 Å². The Morgan fingerprint density at radius 3 is 2.53 bits per heavy atom. The van der Waals surface area contributed by atoms with Crippen molar-refractivity contribution in [1.82, 2.24) is 0 Å². The zero-order valence-electron chi connectivity index (χ0n) is 11.9. The third kappa shape index (κ3) is 5.18. The first-order valence-electron chi connectivity index (χ1n) is 6.16. The van der Waals surface area contributed by atoms with Gasteiger partial charge in [-0.1, -0.05) is 0 Å². The van der Waals surface area contributed by atoms with E-state index in [4.69, 9.17) is 15.2 Å². The Kier molecular flexibility index (Phi) is 5.18. The van der Waals surface area contributed by atoms with Crippen molar-refractivity contribution in [2.45, 2.75) is 32.2 Å². The molecule has 3 N–H and O–H groups in total. The normalized spacial score (nSPS) is 11.0. The van der Waals surface area contributed by atoms with Gasteiger partial charge < -0.3 is 20.5 Å². The van der Waals surface area contributed by atoms with Crippen LogP contribution in [0.2, 0.25) is 0 Å². The summed E-state index contributed by atoms with van der Waals surface area (Å²) in [4.78, 5) is 11.9. The first kappa shape index (κ1) is 15.3. The van der Waals surface area contributed by atoms with Crippen molar-refractivity contribution in [2.24, 2.45) is 5.73 Å². The number of methoxy groups -OCH3 is 2. The molecule has 1 amide bonds. The smallest absolute Gasteiger partial charge is 0.224 e. The topological polar surface area (TPSA) is 73.6 Å². The maximum absolute atomic E-state index is 11.9. The molecule has 1 aromatic carbocycles. The number of nitrogens with two attached hydrogens (primary N) is 1. The van der Waals surface area contributed by atoms with E-state index in [1.807, 2.05) is 13.8 Å². The van der Waals surface area contributed by atoms with Gasteiger partial charge in [-0.05, 0) is 32.4 Å². The Morgan fingerprint density at radius 2 is 2.00 bits per heavy atom. The molecule has 1 rings (SSSR count). The predicted molar refractivity (Wildman–Crippen MR) is 75.7 cm³/mol. The molecular formula is C14H22N2O3. The van der Waals surface area contributed by atoms with E-state index in [1.165, 1.54) is 0 Å². The number of carbonyl (C=O) groups is 1. The van der Waals surface area contributed by atoms with E-state index in [-0.39, 0.29) is 11.4 Å². The standard InChI is InChI=1S/C14H22N2O3/c1-14(2,15)8-7-13(17)16-11-9-10(18-3)5-6-12(11)19-4/h5-6,9H,7-8,15H2,1-4H3,(H,16,17). The van der Waals surface area contributed by atoms with E-state index >= 15 is 0 Å². The molecule has 0 radical (unpaired) electrons. The monoisotopic (exact) mass is 266 g/mol. The van der Waals surface area contributed by atoms with Gasteiger partial charge in [-0.2, -0.15) is 0 Å². The maximum Gasteiger partial charge on any atom is 0.224 e. The molecule has 0 aliphatic carbocycles. The van der Waals surface area contributed by atoms with Gasteiger partial charge in [-0.3, -0.25) is 4.79 Å². The van der Waals surface area contributed by atoms with Gasteiger partial charge >= 0.3 is 0 Å². The van der Waals surface area contributed by atoms with Crippen molar-refractivity contribution in [3.05, 3.63) is 18.2 Å². The van der Waals surface area contributed by atoms with Crippen LogP contribution in [0.3, 0.4) is 0 Å². The van der Waals surface area contributed by atoms with Crippen molar-refractivity contribution < 1.29 is 14.3 Å². The first-order valence-corrected chi connectivity index (χ1v) is 6.16. The molecular weight excluding hydrogens is 244 g/mol. The number of ether oxygens (including phenoxy) is 2. The lowest BCUT2D eigenvalue weighted by Gasteiger charge is -2.18. The molecule has 0 aliphatic rings. The number of amides is 1. The van der Waals surface area contributed by atoms with E-state index in [0.717, 1.165) is 0 Å². The SMILES string of the molecule is COc1ccc(OC)c(NC(=O)CCC(C)(C)N)c1. The zero-order valence-corrected chi connectivity index (χ0v) is 11.9. The van der Waals surface area contributed by atoms with Crippen molar-refractivity contribution in [1.29, 1.82) is 0 Å². The van der Waals surface area contributed by atoms with Crippen molar-refractivity contribution in [2.75, 3.05) is 19.5 Å². The fourth-order valence-electron chi connectivity index (χ4n) is 1.56. The van der Waals surface area contributed by atoms with Crippen LogP contribution in [0.4, 0.5) is 5.69 Å². The number of carbonyl (C=O) groups excluding carboxylic acids is 1. The lowest BCUT2D eigenvalue weighted by molar-refractivity contribution is -0.116. The van der Waals surface area contributed by atoms with Crippen LogP contribution in [0, 0.1) is 0 Å². The molecule has 5 heteroatoms. The van der Waals surface area contributed by atoms with Gasteiger partial charge in [0.05, 0.1) is 19.9 Å². The van der Waals surface area contributed by atoms with E-state index in [2.05, 4.69) is 5.32 Å². The highest BCUT2D eigenvalue weighted by Gasteiger charge is 2.14. The average molecular weight is 266 g/mol. The molecule has 19 heavy (non-hydrogen) atoms. The van der Waals surface area contributed by atoms with Crippen LogP contribution in [-0.2, 0) is 4.79 Å². The molecule has 0 aliphatic heterocycles. The minimum atomic E-state index is -0.351. The molecule has 5 nitrogen and oxygen atoms in total. The van der Waals surface area contributed by atoms with Crippen LogP contribution in [0.25, 0.3) is 0 Å². The molecule has 0 fully saturated rings. The van der Waals surface area contributed by atoms with E-state index in [1.54, 1.807) is 32.4 Å². The fourth-order valence-corrected chi connectivity index (χ4v) is 1.56. The maximum atomic E-state index is 11.9. The third-order valence-corrected chi connectivity index (χ3v) is 2.68. The minimum absolute atomic E-state index is 0.0925. The van der Waals surface area contributed by atoms with Gasteiger partial charge in [0, 0.05) is 18.0 Å². The number of hydrogen-bond donors (Lipinski definition) is 2. The second-order valence-electron chi connectivity index (χ2n) is 5.10. The number of anilines is 1. The molecule has 0 atom stereocenters. The Bertz CT molecular complexity index is 439. The summed E-state index contributed by atoms with van der Waals surface area (Å²) in [5.74, 6) is 1.17. The quantitative estimate of drug-likeness (QED) is 0.827. The molecule has 0 saturated heterocycles. The molecule has 0 aromatic heterocycles. The van der Waals surface area contributed by atoms with Crippen LogP contribution in [0.15, 0.2) is 18.2 Å². The lowest BCUT2D eigenvalue weighted by Crippen LogP contribution is -2.33. The number of hydrogen-bond acceptors (Lipinski definition) is 4. The summed E-state index contributed by atoms with van der Waals surface area (Å²) in [5.41, 5.74) is 6.10. The predicted octanol–water partition coefficient (Wildman–Crippen LogP) is 2.16. The lowest BCUT2D eigenvalue weighted by atomic mass is 10.00. The Hall–Kier alpha value is -1.75. The van der Waals surface area contributed by atoms with Gasteiger partial charge in [-0.15, -0.1) is 0 Å². The fraction of sp³-hybridized carbons (Fsp3) is 0.500. The zero-order chi connectivity index (χ0) is 14.5. The van der Waals surface area contributed by atoms with E-state index in [9.17, 15) is 4.79 Å². The number of rotatable bonds is 6. The van der Waals surface area contributed by atoms with E-state index in [0.29, 0.717) is 30.0 Å². The highest BCUT2D eigenvalue weighted by molar-refractivity contribution is 5.92. The average Bonchev–Trinajstić information content (AvgIpc) is 2.35. The molecule has 0 unspecified atom stereocenters. The van der Waals surface area contributed by atoms with Gasteiger partial charge in [0.25, 0.3) is 0 Å². The first-order chi connectivity index (χ1) is 8.85. The minimum Gasteiger partial charge on any atom is -0.497 e. The van der Waals surface area contributed by atoms with Gasteiger partial charge in [-0.25, -0.2) is 0 Å². The van der Waals surface area contributed by atoms with Gasteiger partial charge in [0.1, 0.15) is 11.5 Å². The molecule has 0 spiro atoms. The van der Waals surface area contributed by atoms with Gasteiger partial charge in [0.2, 0.25) is 5.91 Å². The molecule has 106 valence electrons. The molecule has 0 bridgehead atoms. The summed E-state index contributed by atoms with van der Waals surface area (Å²) < 4.78 is 10.3. The Balaban J connectivity index is 2.72. The summed E-state index contributed by atoms with van der Waals surface area (Å²) in [5, 5.41) is 2.81. The second kappa shape index (κ2) is 6.43. The largest absolute Gasteiger partial charge is 0.497 e. The highest BCUT2D eigenvalue weighted by Crippen LogP contribution is 2.29. The molecule has 0 heterocycles. The molecule has 1 aromatic rings. The second-order valence-corrected chi connectivity index (χ2v) is 5.10. The van der Waals surface area contributed by atoms with Crippen LogP contribution in [-0.4, -0.2) is 25.7 Å². The summed E-state index contributed by atoms with van der Waals surface area (Å²) in [6.45, 7) is 3.79. The van der Waals surface area contributed by atoms with Crippen LogP contribution in [0.1, 0.15) is 26.7 Å². The van der Waals surface area contributed by atoms with Crippen LogP contribution >= 0.6 is 0 Å². The number of benzene rings is 1. The Labute approximate surface area is 114 Å². The summed E-state index contributed by atoms with van der Waals surface area (Å²) in [7, 11) is 3.13. The van der Waals surface area contributed by atoms with Crippen LogP contribution < -0.4 is 20.5 Å². The van der Waals surface area contributed by atoms with Crippen molar-refractivity contribution >= 4 is 11.6 Å². The summed E-state index contributed by atoms with van der Waals surface area (Å²) in [6.07, 6.45) is 0.981. The summed E-state index contributed by atoms with van der Waals surface area (Å²) >= 11 is 0. The van der Waals surface area contributed by atoms with Crippen molar-refractivity contribution in [3.8, 4) is 11.5 Å².